The van der Waals surface area contributed by atoms with Crippen LogP contribution in [0.3, 0.4) is 0 Å². The topological polar surface area (TPSA) is 38.3 Å². The molecule has 3 nitrogen and oxygen atoms in total. The van der Waals surface area contributed by atoms with Crippen molar-refractivity contribution >= 4 is 39.1 Å². The van der Waals surface area contributed by atoms with Crippen molar-refractivity contribution in [1.29, 1.82) is 0 Å². The summed E-state index contributed by atoms with van der Waals surface area (Å²) in [4.78, 5) is 11.7. The molecule has 1 N–H and O–H groups in total. The lowest BCUT2D eigenvalue weighted by Crippen LogP contribution is -2.20. The van der Waals surface area contributed by atoms with Gasteiger partial charge in [0.05, 0.1) is 4.47 Å². The summed E-state index contributed by atoms with van der Waals surface area (Å²) in [5, 5.41) is 3.28. The number of para-hydroxylation sites is 1. The monoisotopic (exact) mass is 339 g/mol. The van der Waals surface area contributed by atoms with E-state index in [0.717, 1.165) is 4.47 Å². The molecule has 0 aliphatic rings. The number of halogens is 2. The van der Waals surface area contributed by atoms with Crippen LogP contribution < -0.4 is 10.1 Å². The van der Waals surface area contributed by atoms with Crippen LogP contribution in [-0.2, 0) is 4.79 Å². The highest BCUT2D eigenvalue weighted by Gasteiger charge is 2.05. The Kier molecular flexibility index (Phi) is 4.82. The Labute approximate surface area is 124 Å². The molecular weight excluding hydrogens is 330 g/mol. The first-order chi connectivity index (χ1) is 9.15. The molecule has 0 saturated carbocycles. The molecule has 5 heteroatoms. The van der Waals surface area contributed by atoms with Crippen molar-refractivity contribution in [2.75, 3.05) is 11.9 Å². The number of carbonyl (C=O) groups is 1. The summed E-state index contributed by atoms with van der Waals surface area (Å²) in [7, 11) is 0. The molecule has 0 aliphatic heterocycles. The van der Waals surface area contributed by atoms with Gasteiger partial charge in [0.2, 0.25) is 0 Å². The number of benzene rings is 2. The van der Waals surface area contributed by atoms with Crippen LogP contribution in [0.25, 0.3) is 0 Å². The van der Waals surface area contributed by atoms with Gasteiger partial charge in [-0.25, -0.2) is 0 Å². The maximum atomic E-state index is 11.7. The summed E-state index contributed by atoms with van der Waals surface area (Å²) in [5.41, 5.74) is 0.647. The summed E-state index contributed by atoms with van der Waals surface area (Å²) in [5.74, 6) is 0.391. The number of rotatable bonds is 4. The van der Waals surface area contributed by atoms with Crippen LogP contribution in [0.15, 0.2) is 53.0 Å². The van der Waals surface area contributed by atoms with Gasteiger partial charge in [0.1, 0.15) is 5.75 Å². The van der Waals surface area contributed by atoms with E-state index < -0.39 is 0 Å². The van der Waals surface area contributed by atoms with Crippen LogP contribution >= 0.6 is 27.5 Å². The van der Waals surface area contributed by atoms with Gasteiger partial charge in [-0.2, -0.15) is 0 Å². The first kappa shape index (κ1) is 13.9. The highest BCUT2D eigenvalue weighted by atomic mass is 79.9. The second-order valence-corrected chi connectivity index (χ2v) is 5.07. The lowest BCUT2D eigenvalue weighted by molar-refractivity contribution is -0.118. The average molecular weight is 341 g/mol. The zero-order chi connectivity index (χ0) is 13.7. The fourth-order valence-corrected chi connectivity index (χ4v) is 2.06. The molecule has 0 spiro atoms. The second kappa shape index (κ2) is 6.59. The molecule has 2 aromatic rings. The predicted molar refractivity (Wildman–Crippen MR) is 79.7 cm³/mol. The molecule has 2 aromatic carbocycles. The first-order valence-corrected chi connectivity index (χ1v) is 6.75. The van der Waals surface area contributed by atoms with Crippen LogP contribution in [0.5, 0.6) is 5.75 Å². The van der Waals surface area contributed by atoms with Crippen LogP contribution in [0.2, 0.25) is 5.02 Å². The maximum Gasteiger partial charge on any atom is 0.262 e. The quantitative estimate of drug-likeness (QED) is 0.909. The van der Waals surface area contributed by atoms with E-state index in [0.29, 0.717) is 16.5 Å². The summed E-state index contributed by atoms with van der Waals surface area (Å²) >= 11 is 9.18. The molecule has 0 aromatic heterocycles. The van der Waals surface area contributed by atoms with Crippen molar-refractivity contribution in [2.45, 2.75) is 0 Å². The van der Waals surface area contributed by atoms with E-state index in [1.54, 1.807) is 30.3 Å². The molecule has 0 bridgehead atoms. The molecule has 19 heavy (non-hydrogen) atoms. The third kappa shape index (κ3) is 4.26. The van der Waals surface area contributed by atoms with E-state index in [4.69, 9.17) is 16.3 Å². The molecule has 0 fully saturated rings. The SMILES string of the molecule is O=C(COc1ccccc1Br)Nc1cccc(Cl)c1. The summed E-state index contributed by atoms with van der Waals surface area (Å²) in [6.07, 6.45) is 0. The van der Waals surface area contributed by atoms with Crippen LogP contribution in [0.4, 0.5) is 5.69 Å². The highest BCUT2D eigenvalue weighted by molar-refractivity contribution is 9.10. The summed E-state index contributed by atoms with van der Waals surface area (Å²) in [6.45, 7) is -0.0604. The smallest absolute Gasteiger partial charge is 0.262 e. The van der Waals surface area contributed by atoms with E-state index >= 15 is 0 Å². The number of ether oxygens (including phenoxy) is 1. The van der Waals surface area contributed by atoms with Gasteiger partial charge in [-0.05, 0) is 46.3 Å². The Bertz CT molecular complexity index is 589. The first-order valence-electron chi connectivity index (χ1n) is 5.58. The fraction of sp³-hybridized carbons (Fsp3) is 0.0714. The van der Waals surface area contributed by atoms with Crippen molar-refractivity contribution in [2.24, 2.45) is 0 Å². The van der Waals surface area contributed by atoms with Gasteiger partial charge < -0.3 is 10.1 Å². The highest BCUT2D eigenvalue weighted by Crippen LogP contribution is 2.23. The average Bonchev–Trinajstić information content (AvgIpc) is 2.38. The molecule has 1 amide bonds. The molecule has 0 radical (unpaired) electrons. The second-order valence-electron chi connectivity index (χ2n) is 3.78. The van der Waals surface area contributed by atoms with Crippen molar-refractivity contribution in [3.05, 3.63) is 58.0 Å². The van der Waals surface area contributed by atoms with E-state index in [2.05, 4.69) is 21.2 Å². The third-order valence-corrected chi connectivity index (χ3v) is 3.19. The maximum absolute atomic E-state index is 11.7. The molecule has 0 unspecified atom stereocenters. The lowest BCUT2D eigenvalue weighted by atomic mass is 10.3. The zero-order valence-electron chi connectivity index (χ0n) is 9.90. The van der Waals surface area contributed by atoms with Crippen molar-refractivity contribution < 1.29 is 9.53 Å². The Balaban J connectivity index is 1.90. The minimum Gasteiger partial charge on any atom is -0.483 e. The van der Waals surface area contributed by atoms with Gasteiger partial charge in [-0.1, -0.05) is 29.8 Å². The summed E-state index contributed by atoms with van der Waals surface area (Å²) in [6, 6.07) is 14.3. The minimum absolute atomic E-state index is 0.0604. The van der Waals surface area contributed by atoms with E-state index in [1.807, 2.05) is 18.2 Å². The van der Waals surface area contributed by atoms with Crippen molar-refractivity contribution in [3.8, 4) is 5.75 Å². The number of hydrogen-bond acceptors (Lipinski definition) is 2. The van der Waals surface area contributed by atoms with Crippen LogP contribution in [-0.4, -0.2) is 12.5 Å². The number of hydrogen-bond donors (Lipinski definition) is 1. The van der Waals surface area contributed by atoms with Crippen molar-refractivity contribution in [1.82, 2.24) is 0 Å². The Morgan fingerprint density at radius 2 is 2.00 bits per heavy atom. The van der Waals surface area contributed by atoms with Gasteiger partial charge in [-0.3, -0.25) is 4.79 Å². The van der Waals surface area contributed by atoms with Gasteiger partial charge in [0.15, 0.2) is 6.61 Å². The number of carbonyl (C=O) groups excluding carboxylic acids is 1. The van der Waals surface area contributed by atoms with Gasteiger partial charge >= 0.3 is 0 Å². The summed E-state index contributed by atoms with van der Waals surface area (Å²) < 4.78 is 6.22. The molecule has 0 heterocycles. The van der Waals surface area contributed by atoms with Crippen LogP contribution in [0, 0.1) is 0 Å². The fourth-order valence-electron chi connectivity index (χ4n) is 1.47. The van der Waals surface area contributed by atoms with Crippen molar-refractivity contribution in [3.63, 3.8) is 0 Å². The van der Waals surface area contributed by atoms with Crippen LogP contribution in [0.1, 0.15) is 0 Å². The van der Waals surface area contributed by atoms with Gasteiger partial charge in [0, 0.05) is 10.7 Å². The largest absolute Gasteiger partial charge is 0.483 e. The number of nitrogens with one attached hydrogen (secondary N) is 1. The Morgan fingerprint density at radius 3 is 2.74 bits per heavy atom. The molecular formula is C14H11BrClNO2. The lowest BCUT2D eigenvalue weighted by Gasteiger charge is -2.08. The molecule has 2 rings (SSSR count). The van der Waals surface area contributed by atoms with E-state index in [-0.39, 0.29) is 12.5 Å². The molecule has 0 saturated heterocycles. The van der Waals surface area contributed by atoms with Gasteiger partial charge in [0.25, 0.3) is 5.91 Å². The normalized spacial score (nSPS) is 10.0. The molecule has 0 atom stereocenters. The predicted octanol–water partition coefficient (Wildman–Crippen LogP) is 4.12. The Morgan fingerprint density at radius 1 is 1.21 bits per heavy atom. The Hall–Kier alpha value is -1.52. The molecule has 0 aliphatic carbocycles. The number of anilines is 1. The van der Waals surface area contributed by atoms with Gasteiger partial charge in [-0.15, -0.1) is 0 Å². The standard InChI is InChI=1S/C14H11BrClNO2/c15-12-6-1-2-7-13(12)19-9-14(18)17-11-5-3-4-10(16)8-11/h1-8H,9H2,(H,17,18). The minimum atomic E-state index is -0.238. The van der Waals surface area contributed by atoms with E-state index in [9.17, 15) is 4.79 Å². The molecule has 98 valence electrons. The zero-order valence-corrected chi connectivity index (χ0v) is 12.2. The number of amides is 1. The third-order valence-electron chi connectivity index (χ3n) is 2.30. The van der Waals surface area contributed by atoms with E-state index in [1.165, 1.54) is 0 Å².